The summed E-state index contributed by atoms with van der Waals surface area (Å²) in [5.41, 5.74) is 4.25. The number of benzene rings is 2. The molecule has 2 heterocycles. The zero-order chi connectivity index (χ0) is 17.6. The number of hydrogen-bond donors (Lipinski definition) is 0. The summed E-state index contributed by atoms with van der Waals surface area (Å²) >= 11 is 3.75. The van der Waals surface area contributed by atoms with Crippen LogP contribution in [0.1, 0.15) is 20.8 Å². The molecule has 0 fully saturated rings. The molecule has 2 aromatic heterocycles. The van der Waals surface area contributed by atoms with Crippen LogP contribution in [0.3, 0.4) is 0 Å². The van der Waals surface area contributed by atoms with Crippen LogP contribution in [-0.2, 0) is 6.54 Å². The molecule has 4 nitrogen and oxygen atoms in total. The Labute approximate surface area is 155 Å². The molecule has 0 aliphatic heterocycles. The van der Waals surface area contributed by atoms with Crippen molar-refractivity contribution in [2.45, 2.75) is 27.3 Å². The smallest absolute Gasteiger partial charge is 0.127 e. The van der Waals surface area contributed by atoms with E-state index >= 15 is 0 Å². The quantitative estimate of drug-likeness (QED) is 0.453. The average molecular weight is 395 g/mol. The SMILES string of the molecule is CC(C)(C)Cn1nnc2c(Br)c(-c3cncc4ccccc34)ccc21. The summed E-state index contributed by atoms with van der Waals surface area (Å²) in [5.74, 6) is 0. The van der Waals surface area contributed by atoms with Crippen molar-refractivity contribution in [1.29, 1.82) is 0 Å². The Kier molecular flexibility index (Phi) is 3.84. The van der Waals surface area contributed by atoms with Gasteiger partial charge in [0, 0.05) is 35.5 Å². The third kappa shape index (κ3) is 2.93. The van der Waals surface area contributed by atoms with Gasteiger partial charge >= 0.3 is 0 Å². The summed E-state index contributed by atoms with van der Waals surface area (Å²) in [6, 6.07) is 12.5. The number of rotatable bonds is 2. The maximum absolute atomic E-state index is 4.41. The molecule has 5 heteroatoms. The second kappa shape index (κ2) is 5.92. The zero-order valence-corrected chi connectivity index (χ0v) is 16.1. The summed E-state index contributed by atoms with van der Waals surface area (Å²) in [7, 11) is 0. The van der Waals surface area contributed by atoms with E-state index in [4.69, 9.17) is 0 Å². The molecule has 25 heavy (non-hydrogen) atoms. The van der Waals surface area contributed by atoms with Gasteiger partial charge < -0.3 is 0 Å². The van der Waals surface area contributed by atoms with Crippen molar-refractivity contribution in [3.8, 4) is 11.1 Å². The third-order valence-corrected chi connectivity index (χ3v) is 5.01. The standard InChI is InChI=1S/C20H19BrN4/c1-20(2,3)12-25-17-9-8-15(18(21)19(17)23-24-25)16-11-22-10-13-6-4-5-7-14(13)16/h4-11H,12H2,1-3H3. The molecule has 0 N–H and O–H groups in total. The van der Waals surface area contributed by atoms with Crippen LogP contribution in [0.25, 0.3) is 32.9 Å². The Morgan fingerprint density at radius 1 is 1.00 bits per heavy atom. The fraction of sp³-hybridized carbons (Fsp3) is 0.250. The summed E-state index contributed by atoms with van der Waals surface area (Å²) in [4.78, 5) is 4.40. The average Bonchev–Trinajstić information content (AvgIpc) is 2.97. The van der Waals surface area contributed by atoms with E-state index in [9.17, 15) is 0 Å². The van der Waals surface area contributed by atoms with Crippen molar-refractivity contribution in [2.75, 3.05) is 0 Å². The Hall–Kier alpha value is -2.27. The highest BCUT2D eigenvalue weighted by Gasteiger charge is 2.18. The van der Waals surface area contributed by atoms with E-state index in [0.717, 1.165) is 38.6 Å². The van der Waals surface area contributed by atoms with Gasteiger partial charge in [0.1, 0.15) is 5.52 Å². The van der Waals surface area contributed by atoms with Crippen molar-refractivity contribution in [1.82, 2.24) is 20.0 Å². The molecular weight excluding hydrogens is 376 g/mol. The Morgan fingerprint density at radius 2 is 1.80 bits per heavy atom. The van der Waals surface area contributed by atoms with Crippen LogP contribution < -0.4 is 0 Å². The summed E-state index contributed by atoms with van der Waals surface area (Å²) in [6.07, 6.45) is 3.80. The molecular formula is C20H19BrN4. The first-order valence-corrected chi connectivity index (χ1v) is 9.08. The summed E-state index contributed by atoms with van der Waals surface area (Å²) < 4.78 is 2.94. The lowest BCUT2D eigenvalue weighted by molar-refractivity contribution is 0.327. The maximum atomic E-state index is 4.41. The first kappa shape index (κ1) is 16.2. The second-order valence-electron chi connectivity index (χ2n) is 7.51. The predicted octanol–water partition coefficient (Wildman–Crippen LogP) is 5.46. The van der Waals surface area contributed by atoms with E-state index in [1.165, 1.54) is 5.39 Å². The number of pyridine rings is 1. The van der Waals surface area contributed by atoms with Crippen LogP contribution in [0.15, 0.2) is 53.3 Å². The van der Waals surface area contributed by atoms with Crippen molar-refractivity contribution in [3.63, 3.8) is 0 Å². The van der Waals surface area contributed by atoms with Crippen molar-refractivity contribution in [3.05, 3.63) is 53.3 Å². The molecule has 0 saturated heterocycles. The number of halogens is 1. The van der Waals surface area contributed by atoms with E-state index in [1.807, 2.05) is 23.1 Å². The van der Waals surface area contributed by atoms with Gasteiger partial charge in [-0.05, 0) is 32.8 Å². The molecule has 2 aromatic carbocycles. The fourth-order valence-corrected chi connectivity index (χ4v) is 3.74. The first-order valence-electron chi connectivity index (χ1n) is 8.29. The van der Waals surface area contributed by atoms with Crippen LogP contribution in [-0.4, -0.2) is 20.0 Å². The van der Waals surface area contributed by atoms with Gasteiger partial charge in [0.25, 0.3) is 0 Å². The lowest BCUT2D eigenvalue weighted by Crippen LogP contribution is -2.16. The van der Waals surface area contributed by atoms with Crippen LogP contribution in [0, 0.1) is 5.41 Å². The Bertz CT molecular complexity index is 1070. The summed E-state index contributed by atoms with van der Waals surface area (Å²) in [5, 5.41) is 11.1. The van der Waals surface area contributed by atoms with Crippen LogP contribution >= 0.6 is 15.9 Å². The lowest BCUT2D eigenvalue weighted by Gasteiger charge is -2.18. The molecule has 126 valence electrons. The van der Waals surface area contributed by atoms with Gasteiger partial charge in [-0.15, -0.1) is 5.10 Å². The van der Waals surface area contributed by atoms with Crippen molar-refractivity contribution < 1.29 is 0 Å². The van der Waals surface area contributed by atoms with E-state index < -0.39 is 0 Å². The Morgan fingerprint density at radius 3 is 2.60 bits per heavy atom. The lowest BCUT2D eigenvalue weighted by atomic mass is 9.97. The third-order valence-electron chi connectivity index (χ3n) is 4.21. The molecule has 0 unspecified atom stereocenters. The molecule has 4 aromatic rings. The van der Waals surface area contributed by atoms with Gasteiger partial charge in [-0.3, -0.25) is 4.98 Å². The molecule has 0 spiro atoms. The maximum Gasteiger partial charge on any atom is 0.127 e. The molecule has 0 atom stereocenters. The van der Waals surface area contributed by atoms with E-state index in [2.05, 4.69) is 82.3 Å². The van der Waals surface area contributed by atoms with Crippen molar-refractivity contribution >= 4 is 37.7 Å². The molecule has 0 aliphatic carbocycles. The van der Waals surface area contributed by atoms with Gasteiger partial charge in [-0.1, -0.05) is 56.3 Å². The number of fused-ring (bicyclic) bond motifs is 2. The molecule has 0 radical (unpaired) electrons. The highest BCUT2D eigenvalue weighted by atomic mass is 79.9. The van der Waals surface area contributed by atoms with Gasteiger partial charge in [0.2, 0.25) is 0 Å². The second-order valence-corrected chi connectivity index (χ2v) is 8.30. The molecule has 0 bridgehead atoms. The highest BCUT2D eigenvalue weighted by Crippen LogP contribution is 2.37. The van der Waals surface area contributed by atoms with Gasteiger partial charge in [-0.2, -0.15) is 0 Å². The van der Waals surface area contributed by atoms with E-state index in [1.54, 1.807) is 0 Å². The van der Waals surface area contributed by atoms with Crippen LogP contribution in [0.2, 0.25) is 0 Å². The van der Waals surface area contributed by atoms with Crippen molar-refractivity contribution in [2.24, 2.45) is 5.41 Å². The minimum Gasteiger partial charge on any atom is -0.263 e. The molecule has 0 amide bonds. The Balaban J connectivity index is 1.90. The highest BCUT2D eigenvalue weighted by molar-refractivity contribution is 9.10. The monoisotopic (exact) mass is 394 g/mol. The first-order chi connectivity index (χ1) is 11.9. The topological polar surface area (TPSA) is 43.6 Å². The van der Waals surface area contributed by atoms with Crippen LogP contribution in [0.4, 0.5) is 0 Å². The molecule has 0 aliphatic rings. The van der Waals surface area contributed by atoms with Crippen LogP contribution in [0.5, 0.6) is 0 Å². The fourth-order valence-electron chi connectivity index (χ4n) is 3.11. The molecule has 4 rings (SSSR count). The minimum absolute atomic E-state index is 0.144. The van der Waals surface area contributed by atoms with Gasteiger partial charge in [-0.25, -0.2) is 4.68 Å². The number of aromatic nitrogens is 4. The van der Waals surface area contributed by atoms with Gasteiger partial charge in [0.15, 0.2) is 0 Å². The van der Waals surface area contributed by atoms with Gasteiger partial charge in [0.05, 0.1) is 9.99 Å². The van der Waals surface area contributed by atoms with E-state index in [0.29, 0.717) is 0 Å². The summed E-state index contributed by atoms with van der Waals surface area (Å²) in [6.45, 7) is 7.42. The zero-order valence-electron chi connectivity index (χ0n) is 14.5. The van der Waals surface area contributed by atoms with E-state index in [-0.39, 0.29) is 5.41 Å². The number of nitrogens with zero attached hydrogens (tertiary/aromatic N) is 4. The largest absolute Gasteiger partial charge is 0.263 e. The minimum atomic E-state index is 0.144. The molecule has 0 saturated carbocycles. The number of hydrogen-bond acceptors (Lipinski definition) is 3. The normalized spacial score (nSPS) is 12.2. The predicted molar refractivity (Wildman–Crippen MR) is 105 cm³/mol.